The predicted molar refractivity (Wildman–Crippen MR) is 106 cm³/mol. The minimum atomic E-state index is -0.214. The molecular formula is C18H21Br2N3O2. The molecule has 134 valence electrons. The SMILES string of the molecule is C[C@@H]1CCCN1CCCOc1c(Br)cc(-c2ccc(=O)[nH]n2)cc1Br. The Morgan fingerprint density at radius 1 is 1.32 bits per heavy atom. The Morgan fingerprint density at radius 3 is 2.68 bits per heavy atom. The number of halogens is 2. The summed E-state index contributed by atoms with van der Waals surface area (Å²) in [5.41, 5.74) is 1.39. The third-order valence-electron chi connectivity index (χ3n) is 4.50. The normalized spacial score (nSPS) is 17.8. The minimum absolute atomic E-state index is 0.214. The third-order valence-corrected chi connectivity index (χ3v) is 5.68. The number of ether oxygens (including phenoxy) is 1. The van der Waals surface area contributed by atoms with Gasteiger partial charge >= 0.3 is 0 Å². The first-order valence-corrected chi connectivity index (χ1v) is 10.0. The molecule has 0 amide bonds. The fourth-order valence-electron chi connectivity index (χ4n) is 3.12. The van der Waals surface area contributed by atoms with E-state index in [2.05, 4.69) is 53.9 Å². The van der Waals surface area contributed by atoms with Crippen LogP contribution in [0.15, 0.2) is 38.0 Å². The summed E-state index contributed by atoms with van der Waals surface area (Å²) in [5.74, 6) is 0.794. The quantitative estimate of drug-likeness (QED) is 0.642. The molecule has 1 atom stereocenters. The zero-order valence-corrected chi connectivity index (χ0v) is 17.3. The lowest BCUT2D eigenvalue weighted by atomic mass is 10.1. The number of likely N-dealkylation sites (tertiary alicyclic amines) is 1. The van der Waals surface area contributed by atoms with Crippen molar-refractivity contribution in [2.24, 2.45) is 0 Å². The van der Waals surface area contributed by atoms with Gasteiger partial charge in [-0.25, -0.2) is 5.10 Å². The van der Waals surface area contributed by atoms with E-state index in [1.54, 1.807) is 6.07 Å². The van der Waals surface area contributed by atoms with Crippen molar-refractivity contribution in [3.63, 3.8) is 0 Å². The molecule has 3 rings (SSSR count). The second-order valence-corrected chi connectivity index (χ2v) is 8.01. The maximum atomic E-state index is 11.1. The molecular weight excluding hydrogens is 450 g/mol. The van der Waals surface area contributed by atoms with Gasteiger partial charge in [0, 0.05) is 24.2 Å². The lowest BCUT2D eigenvalue weighted by molar-refractivity contribution is 0.229. The van der Waals surface area contributed by atoms with Gasteiger partial charge in [-0.3, -0.25) is 4.79 Å². The van der Waals surface area contributed by atoms with Crippen molar-refractivity contribution in [1.82, 2.24) is 15.1 Å². The zero-order valence-electron chi connectivity index (χ0n) is 14.1. The monoisotopic (exact) mass is 469 g/mol. The van der Waals surface area contributed by atoms with E-state index in [1.807, 2.05) is 12.1 Å². The second-order valence-electron chi connectivity index (χ2n) is 6.30. The van der Waals surface area contributed by atoms with Crippen LogP contribution >= 0.6 is 31.9 Å². The number of H-pyrrole nitrogens is 1. The molecule has 1 aromatic heterocycles. The van der Waals surface area contributed by atoms with Crippen molar-refractivity contribution in [3.8, 4) is 17.0 Å². The fraction of sp³-hybridized carbons (Fsp3) is 0.444. The standard InChI is InChI=1S/C18H21Br2N3O2/c1-12-4-2-7-23(12)8-3-9-25-18-14(19)10-13(11-15(18)20)16-5-6-17(24)22-21-16/h5-6,10-12H,2-4,7-9H2,1H3,(H,22,24)/t12-/m1/s1. The van der Waals surface area contributed by atoms with Crippen molar-refractivity contribution in [1.29, 1.82) is 0 Å². The third kappa shape index (κ3) is 4.71. The lowest BCUT2D eigenvalue weighted by Gasteiger charge is -2.21. The molecule has 1 aliphatic rings. The molecule has 0 spiro atoms. The molecule has 1 aliphatic heterocycles. The van der Waals surface area contributed by atoms with Gasteiger partial charge in [0.05, 0.1) is 21.2 Å². The van der Waals surface area contributed by atoms with Gasteiger partial charge in [-0.1, -0.05) is 0 Å². The highest BCUT2D eigenvalue weighted by atomic mass is 79.9. The maximum Gasteiger partial charge on any atom is 0.264 e. The van der Waals surface area contributed by atoms with Crippen molar-refractivity contribution in [2.75, 3.05) is 19.7 Å². The van der Waals surface area contributed by atoms with Crippen LogP contribution in [0, 0.1) is 0 Å². The lowest BCUT2D eigenvalue weighted by Crippen LogP contribution is -2.28. The Morgan fingerprint density at radius 2 is 2.08 bits per heavy atom. The summed E-state index contributed by atoms with van der Waals surface area (Å²) in [6.45, 7) is 5.26. The van der Waals surface area contributed by atoms with E-state index in [4.69, 9.17) is 4.74 Å². The molecule has 0 saturated carbocycles. The van der Waals surface area contributed by atoms with E-state index in [9.17, 15) is 4.79 Å². The number of benzene rings is 1. The molecule has 1 fully saturated rings. The Bertz CT molecular complexity index is 751. The van der Waals surface area contributed by atoms with E-state index in [0.29, 0.717) is 18.3 Å². The highest BCUT2D eigenvalue weighted by Gasteiger charge is 2.19. The number of aromatic nitrogens is 2. The van der Waals surface area contributed by atoms with Crippen LogP contribution in [0.1, 0.15) is 26.2 Å². The summed E-state index contributed by atoms with van der Waals surface area (Å²) in [6.07, 6.45) is 3.62. The molecule has 1 aromatic carbocycles. The van der Waals surface area contributed by atoms with Gasteiger partial charge < -0.3 is 9.64 Å². The molecule has 1 saturated heterocycles. The second kappa shape index (κ2) is 8.47. The first kappa shape index (κ1) is 18.6. The van der Waals surface area contributed by atoms with E-state index in [0.717, 1.165) is 33.2 Å². The van der Waals surface area contributed by atoms with Crippen LogP contribution in [0.4, 0.5) is 0 Å². The van der Waals surface area contributed by atoms with Crippen LogP contribution in [-0.2, 0) is 0 Å². The molecule has 25 heavy (non-hydrogen) atoms. The van der Waals surface area contributed by atoms with Crippen LogP contribution < -0.4 is 10.3 Å². The van der Waals surface area contributed by atoms with Gasteiger partial charge in [0.1, 0.15) is 5.75 Å². The van der Waals surface area contributed by atoms with Gasteiger partial charge in [0.2, 0.25) is 0 Å². The maximum absolute atomic E-state index is 11.1. The van der Waals surface area contributed by atoms with Gasteiger partial charge in [-0.2, -0.15) is 5.10 Å². The minimum Gasteiger partial charge on any atom is -0.491 e. The average Bonchev–Trinajstić information content (AvgIpc) is 2.99. The predicted octanol–water partition coefficient (Wildman–Crippen LogP) is 4.22. The Kier molecular flexibility index (Phi) is 6.30. The van der Waals surface area contributed by atoms with E-state index >= 15 is 0 Å². The van der Waals surface area contributed by atoms with Gasteiger partial charge in [-0.05, 0) is 82.8 Å². The number of aromatic amines is 1. The van der Waals surface area contributed by atoms with Crippen LogP contribution in [0.25, 0.3) is 11.3 Å². The van der Waals surface area contributed by atoms with Crippen LogP contribution in [-0.4, -0.2) is 40.8 Å². The Balaban J connectivity index is 1.62. The molecule has 0 unspecified atom stereocenters. The first-order chi connectivity index (χ1) is 12.0. The highest BCUT2D eigenvalue weighted by molar-refractivity contribution is 9.11. The molecule has 0 radical (unpaired) electrons. The molecule has 7 heteroatoms. The zero-order chi connectivity index (χ0) is 17.8. The van der Waals surface area contributed by atoms with Crippen LogP contribution in [0.3, 0.4) is 0 Å². The molecule has 2 heterocycles. The number of rotatable bonds is 6. The summed E-state index contributed by atoms with van der Waals surface area (Å²) < 4.78 is 7.70. The summed E-state index contributed by atoms with van der Waals surface area (Å²) >= 11 is 7.15. The van der Waals surface area contributed by atoms with Gasteiger partial charge in [0.25, 0.3) is 5.56 Å². The van der Waals surface area contributed by atoms with Crippen molar-refractivity contribution < 1.29 is 4.74 Å². The fourth-order valence-corrected chi connectivity index (χ4v) is 4.53. The molecule has 1 N–H and O–H groups in total. The van der Waals surface area contributed by atoms with Crippen molar-refractivity contribution in [3.05, 3.63) is 43.6 Å². The van der Waals surface area contributed by atoms with Crippen molar-refractivity contribution >= 4 is 31.9 Å². The van der Waals surface area contributed by atoms with Gasteiger partial charge in [-0.15, -0.1) is 0 Å². The largest absolute Gasteiger partial charge is 0.491 e. The molecule has 2 aromatic rings. The highest BCUT2D eigenvalue weighted by Crippen LogP contribution is 2.37. The Labute approximate surface area is 164 Å². The molecule has 0 aliphatic carbocycles. The van der Waals surface area contributed by atoms with E-state index in [-0.39, 0.29) is 5.56 Å². The van der Waals surface area contributed by atoms with E-state index < -0.39 is 0 Å². The van der Waals surface area contributed by atoms with Crippen LogP contribution in [0.2, 0.25) is 0 Å². The molecule has 0 bridgehead atoms. The van der Waals surface area contributed by atoms with Gasteiger partial charge in [0.15, 0.2) is 0 Å². The topological polar surface area (TPSA) is 58.2 Å². The number of nitrogens with zero attached hydrogens (tertiary/aromatic N) is 2. The van der Waals surface area contributed by atoms with E-state index in [1.165, 1.54) is 25.5 Å². The smallest absolute Gasteiger partial charge is 0.264 e. The Hall–Kier alpha value is -1.18. The summed E-state index contributed by atoms with van der Waals surface area (Å²) in [7, 11) is 0. The number of nitrogens with one attached hydrogen (secondary N) is 1. The van der Waals surface area contributed by atoms with Crippen molar-refractivity contribution in [2.45, 2.75) is 32.2 Å². The summed E-state index contributed by atoms with van der Waals surface area (Å²) in [6, 6.07) is 7.76. The first-order valence-electron chi connectivity index (χ1n) is 8.46. The average molecular weight is 471 g/mol. The summed E-state index contributed by atoms with van der Waals surface area (Å²) in [4.78, 5) is 13.7. The molecule has 5 nitrogen and oxygen atoms in total. The summed E-state index contributed by atoms with van der Waals surface area (Å²) in [5, 5.41) is 6.51. The van der Waals surface area contributed by atoms with Crippen LogP contribution in [0.5, 0.6) is 5.75 Å². The number of hydrogen-bond acceptors (Lipinski definition) is 4. The number of hydrogen-bond donors (Lipinski definition) is 1.